The molecule has 24 heavy (non-hydrogen) atoms. The zero-order valence-corrected chi connectivity index (χ0v) is 13.9. The van der Waals surface area contributed by atoms with Crippen LogP contribution < -0.4 is 9.80 Å². The lowest BCUT2D eigenvalue weighted by Gasteiger charge is -2.38. The summed E-state index contributed by atoms with van der Waals surface area (Å²) in [5.74, 6) is 0.250. The number of rotatable bonds is 3. The van der Waals surface area contributed by atoms with E-state index in [-0.39, 0.29) is 11.6 Å². The number of benzene rings is 1. The van der Waals surface area contributed by atoms with Crippen molar-refractivity contribution in [2.24, 2.45) is 0 Å². The van der Waals surface area contributed by atoms with Gasteiger partial charge in [-0.05, 0) is 44.0 Å². The molecule has 0 N–H and O–H groups in total. The molecule has 2 heterocycles. The summed E-state index contributed by atoms with van der Waals surface area (Å²) in [5, 5.41) is 8.86. The second-order valence-electron chi connectivity index (χ2n) is 6.13. The van der Waals surface area contributed by atoms with Crippen LogP contribution in [0.5, 0.6) is 0 Å². The molecule has 1 saturated heterocycles. The maximum Gasteiger partial charge on any atom is 0.225 e. The summed E-state index contributed by atoms with van der Waals surface area (Å²) in [6.45, 7) is 3.61. The second-order valence-corrected chi connectivity index (χ2v) is 6.13. The minimum Gasteiger partial charge on any atom is -0.369 e. The zero-order chi connectivity index (χ0) is 17.1. The van der Waals surface area contributed by atoms with E-state index in [9.17, 15) is 4.39 Å². The van der Waals surface area contributed by atoms with Crippen LogP contribution in [0.15, 0.2) is 30.5 Å². The van der Waals surface area contributed by atoms with E-state index < -0.39 is 5.82 Å². The number of hydrogen-bond acceptors (Lipinski definition) is 5. The van der Waals surface area contributed by atoms with Crippen LogP contribution >= 0.6 is 0 Å². The minimum atomic E-state index is -0.465. The smallest absolute Gasteiger partial charge is 0.225 e. The number of nitriles is 1. The largest absolute Gasteiger partial charge is 0.369 e. The fourth-order valence-electron chi connectivity index (χ4n) is 3.07. The lowest BCUT2D eigenvalue weighted by molar-refractivity contribution is 0.482. The molecule has 1 fully saturated rings. The van der Waals surface area contributed by atoms with E-state index >= 15 is 0 Å². The summed E-state index contributed by atoms with van der Waals surface area (Å²) in [5.41, 5.74) is 1.83. The number of piperidine rings is 1. The summed E-state index contributed by atoms with van der Waals surface area (Å²) >= 11 is 0. The first kappa shape index (κ1) is 16.2. The first-order valence-electron chi connectivity index (χ1n) is 8.05. The highest BCUT2D eigenvalue weighted by molar-refractivity contribution is 5.51. The molecule has 124 valence electrons. The van der Waals surface area contributed by atoms with Gasteiger partial charge in [-0.15, -0.1) is 0 Å². The van der Waals surface area contributed by atoms with Gasteiger partial charge in [0, 0.05) is 43.8 Å². The molecule has 1 unspecified atom stereocenters. The van der Waals surface area contributed by atoms with Crippen molar-refractivity contribution in [3.05, 3.63) is 47.5 Å². The van der Waals surface area contributed by atoms with Crippen molar-refractivity contribution < 1.29 is 4.39 Å². The maximum atomic E-state index is 13.9. The molecule has 0 aliphatic carbocycles. The fourth-order valence-corrected chi connectivity index (χ4v) is 3.07. The lowest BCUT2D eigenvalue weighted by Crippen LogP contribution is -2.47. The first-order valence-corrected chi connectivity index (χ1v) is 8.05. The van der Waals surface area contributed by atoms with Gasteiger partial charge in [0.05, 0.1) is 5.56 Å². The summed E-state index contributed by atoms with van der Waals surface area (Å²) in [6, 6.07) is 8.81. The highest BCUT2D eigenvalue weighted by Crippen LogP contribution is 2.25. The van der Waals surface area contributed by atoms with Crippen LogP contribution in [-0.4, -0.2) is 36.1 Å². The Morgan fingerprint density at radius 1 is 1.38 bits per heavy atom. The molecule has 0 radical (unpaired) electrons. The maximum absolute atomic E-state index is 13.9. The van der Waals surface area contributed by atoms with E-state index in [1.54, 1.807) is 12.3 Å². The third-order valence-electron chi connectivity index (χ3n) is 4.48. The molecule has 0 amide bonds. The average molecular weight is 325 g/mol. The van der Waals surface area contributed by atoms with Crippen molar-refractivity contribution in [1.29, 1.82) is 5.26 Å². The standard InChI is InChI=1S/C18H20FN5/c1-13-7-8-21-18(22-13)23(2)16-4-3-9-24(12-16)15-6-5-14(11-20)17(19)10-15/h5-8,10,16H,3-4,9,12H2,1-2H3. The van der Waals surface area contributed by atoms with E-state index in [0.29, 0.717) is 5.95 Å². The number of hydrogen-bond donors (Lipinski definition) is 0. The summed E-state index contributed by atoms with van der Waals surface area (Å²) in [6.07, 6.45) is 3.83. The van der Waals surface area contributed by atoms with Gasteiger partial charge in [-0.1, -0.05) is 0 Å². The van der Waals surface area contributed by atoms with Crippen LogP contribution in [0.3, 0.4) is 0 Å². The van der Waals surface area contributed by atoms with Crippen molar-refractivity contribution in [3.8, 4) is 6.07 Å². The van der Waals surface area contributed by atoms with Crippen LogP contribution in [0, 0.1) is 24.1 Å². The molecule has 0 bridgehead atoms. The summed E-state index contributed by atoms with van der Waals surface area (Å²) in [7, 11) is 2.00. The summed E-state index contributed by atoms with van der Waals surface area (Å²) < 4.78 is 13.9. The van der Waals surface area contributed by atoms with Crippen LogP contribution in [-0.2, 0) is 0 Å². The molecule has 1 aromatic heterocycles. The molecule has 0 spiro atoms. The molecule has 6 heteroatoms. The topological polar surface area (TPSA) is 56.1 Å². The van der Waals surface area contributed by atoms with Crippen molar-refractivity contribution in [3.63, 3.8) is 0 Å². The van der Waals surface area contributed by atoms with Gasteiger partial charge in [-0.25, -0.2) is 14.4 Å². The number of aromatic nitrogens is 2. The lowest BCUT2D eigenvalue weighted by atomic mass is 10.0. The SMILES string of the molecule is Cc1ccnc(N(C)C2CCCN(c3ccc(C#N)c(F)c3)C2)n1. The third-order valence-corrected chi connectivity index (χ3v) is 4.48. The van der Waals surface area contributed by atoms with E-state index in [0.717, 1.165) is 37.3 Å². The molecule has 5 nitrogen and oxygen atoms in total. The van der Waals surface area contributed by atoms with Crippen LogP contribution in [0.1, 0.15) is 24.1 Å². The monoisotopic (exact) mass is 325 g/mol. The van der Waals surface area contributed by atoms with Crippen molar-refractivity contribution in [2.45, 2.75) is 25.8 Å². The number of aryl methyl sites for hydroxylation is 1. The van der Waals surface area contributed by atoms with Gasteiger partial charge in [0.15, 0.2) is 0 Å². The Hall–Kier alpha value is -2.68. The molecular weight excluding hydrogens is 305 g/mol. The minimum absolute atomic E-state index is 0.0811. The molecule has 3 rings (SSSR count). The normalized spacial score (nSPS) is 17.4. The van der Waals surface area contributed by atoms with Gasteiger partial charge in [0.1, 0.15) is 11.9 Å². The van der Waals surface area contributed by atoms with Gasteiger partial charge in [0.25, 0.3) is 0 Å². The predicted molar refractivity (Wildman–Crippen MR) is 91.5 cm³/mol. The molecule has 0 saturated carbocycles. The van der Waals surface area contributed by atoms with Crippen LogP contribution in [0.25, 0.3) is 0 Å². The summed E-state index contributed by atoms with van der Waals surface area (Å²) in [4.78, 5) is 13.1. The Balaban J connectivity index is 1.77. The fraction of sp³-hybridized carbons (Fsp3) is 0.389. The first-order chi connectivity index (χ1) is 11.6. The molecule has 1 aromatic carbocycles. The van der Waals surface area contributed by atoms with Gasteiger partial charge >= 0.3 is 0 Å². The van der Waals surface area contributed by atoms with E-state index in [1.165, 1.54) is 6.07 Å². The van der Waals surface area contributed by atoms with Gasteiger partial charge < -0.3 is 9.80 Å². The van der Waals surface area contributed by atoms with Gasteiger partial charge in [0.2, 0.25) is 5.95 Å². The highest BCUT2D eigenvalue weighted by Gasteiger charge is 2.25. The van der Waals surface area contributed by atoms with Crippen molar-refractivity contribution in [1.82, 2.24) is 9.97 Å². The average Bonchev–Trinajstić information content (AvgIpc) is 2.61. The molecule has 1 aliphatic heterocycles. The Morgan fingerprint density at radius 3 is 2.92 bits per heavy atom. The molecule has 1 aliphatic rings. The third kappa shape index (κ3) is 3.30. The number of halogens is 1. The van der Waals surface area contributed by atoms with E-state index in [4.69, 9.17) is 5.26 Å². The van der Waals surface area contributed by atoms with E-state index in [1.807, 2.05) is 32.2 Å². The van der Waals surface area contributed by atoms with Gasteiger partial charge in [-0.3, -0.25) is 0 Å². The molecular formula is C18H20FN5. The second kappa shape index (κ2) is 6.83. The van der Waals surface area contributed by atoms with Crippen LogP contribution in [0.4, 0.5) is 16.0 Å². The predicted octanol–water partition coefficient (Wildman–Crippen LogP) is 2.90. The van der Waals surface area contributed by atoms with Crippen molar-refractivity contribution >= 4 is 11.6 Å². The van der Waals surface area contributed by atoms with Crippen LogP contribution in [0.2, 0.25) is 0 Å². The Morgan fingerprint density at radius 2 is 2.21 bits per heavy atom. The molecule has 1 atom stereocenters. The Labute approximate surface area is 141 Å². The van der Waals surface area contributed by atoms with E-state index in [2.05, 4.69) is 19.8 Å². The number of anilines is 2. The molecule has 2 aromatic rings. The quantitative estimate of drug-likeness (QED) is 0.868. The Kier molecular flexibility index (Phi) is 4.61. The number of nitrogens with zero attached hydrogens (tertiary/aromatic N) is 5. The zero-order valence-electron chi connectivity index (χ0n) is 13.9. The number of likely N-dealkylation sites (N-methyl/N-ethyl adjacent to an activating group) is 1. The highest BCUT2D eigenvalue weighted by atomic mass is 19.1. The van der Waals surface area contributed by atoms with Gasteiger partial charge in [-0.2, -0.15) is 5.26 Å². The Bertz CT molecular complexity index is 770. The van der Waals surface area contributed by atoms with Crippen molar-refractivity contribution in [2.75, 3.05) is 29.9 Å².